The van der Waals surface area contributed by atoms with Gasteiger partial charge in [0.1, 0.15) is 0 Å². The first kappa shape index (κ1) is 23.5. The third-order valence-corrected chi connectivity index (χ3v) is 4.23. The predicted molar refractivity (Wildman–Crippen MR) is 121 cm³/mol. The monoisotopic (exact) mass is 380 g/mol. The Morgan fingerprint density at radius 2 is 1.89 bits per heavy atom. The van der Waals surface area contributed by atoms with E-state index in [0.29, 0.717) is 18.0 Å². The average molecular weight is 381 g/mol. The van der Waals surface area contributed by atoms with E-state index in [1.165, 1.54) is 11.1 Å². The van der Waals surface area contributed by atoms with E-state index in [4.69, 9.17) is 5.73 Å². The van der Waals surface area contributed by atoms with Crippen molar-refractivity contribution in [3.63, 3.8) is 0 Å². The van der Waals surface area contributed by atoms with Crippen LogP contribution in [0.2, 0.25) is 0 Å². The maximum atomic E-state index is 11.7. The molecule has 0 spiro atoms. The molecule has 0 radical (unpaired) electrons. The van der Waals surface area contributed by atoms with Gasteiger partial charge in [0.25, 0.3) is 0 Å². The van der Waals surface area contributed by atoms with Crippen molar-refractivity contribution >= 4 is 5.78 Å². The minimum absolute atomic E-state index is 0.112. The van der Waals surface area contributed by atoms with E-state index >= 15 is 0 Å². The molecule has 0 aliphatic heterocycles. The zero-order valence-corrected chi connectivity index (χ0v) is 17.9. The maximum Gasteiger partial charge on any atom is 0.155 e. The van der Waals surface area contributed by atoms with Gasteiger partial charge in [-0.1, -0.05) is 74.9 Å². The highest BCUT2D eigenvalue weighted by atomic mass is 16.1. The van der Waals surface area contributed by atoms with Crippen molar-refractivity contribution in [2.75, 3.05) is 6.54 Å². The summed E-state index contributed by atoms with van der Waals surface area (Å²) >= 11 is 0. The highest BCUT2D eigenvalue weighted by Gasteiger charge is 2.06. The van der Waals surface area contributed by atoms with Crippen LogP contribution < -0.4 is 5.73 Å². The van der Waals surface area contributed by atoms with Gasteiger partial charge in [-0.3, -0.25) is 4.79 Å². The Balaban J connectivity index is 2.91. The van der Waals surface area contributed by atoms with Crippen LogP contribution in [0.5, 0.6) is 0 Å². The molecule has 1 aromatic rings. The zero-order chi connectivity index (χ0) is 20.8. The van der Waals surface area contributed by atoms with Crippen LogP contribution >= 0.6 is 0 Å². The molecule has 0 aliphatic rings. The average Bonchev–Trinajstić information content (AvgIpc) is 2.66. The van der Waals surface area contributed by atoms with Gasteiger partial charge in [-0.2, -0.15) is 0 Å². The molecule has 3 nitrogen and oxygen atoms in total. The molecule has 0 aliphatic carbocycles. The molecule has 0 heterocycles. The summed E-state index contributed by atoms with van der Waals surface area (Å²) in [6.45, 7) is 10.0. The Labute approximate surface area is 171 Å². The van der Waals surface area contributed by atoms with Crippen molar-refractivity contribution in [3.8, 4) is 0 Å². The maximum absolute atomic E-state index is 11.7. The first-order chi connectivity index (χ1) is 13.4. The van der Waals surface area contributed by atoms with E-state index in [1.54, 1.807) is 12.2 Å². The van der Waals surface area contributed by atoms with Gasteiger partial charge in [0.2, 0.25) is 0 Å². The first-order valence-electron chi connectivity index (χ1n) is 10.2. The molecule has 1 rings (SSSR count). The molecule has 0 fully saturated rings. The largest absolute Gasteiger partial charge is 0.398 e. The van der Waals surface area contributed by atoms with Gasteiger partial charge in [-0.15, -0.1) is 0 Å². The molecule has 152 valence electrons. The smallest absolute Gasteiger partial charge is 0.155 e. The van der Waals surface area contributed by atoms with E-state index in [1.807, 2.05) is 31.3 Å². The molecule has 2 N–H and O–H groups in total. The lowest BCUT2D eigenvalue weighted by molar-refractivity contribution is -0.114. The SMILES string of the molecule is C/C=C(\C/C=C\C(C)C)CN(/C=C(N)/C=C/C(=O)CCC)Cc1ccccc1. The van der Waals surface area contributed by atoms with Crippen molar-refractivity contribution in [2.24, 2.45) is 11.7 Å². The third-order valence-electron chi connectivity index (χ3n) is 4.23. The van der Waals surface area contributed by atoms with E-state index < -0.39 is 0 Å². The van der Waals surface area contributed by atoms with E-state index in [9.17, 15) is 4.79 Å². The molecule has 0 unspecified atom stereocenters. The number of carbonyl (C=O) groups excluding carboxylic acids is 1. The lowest BCUT2D eigenvalue weighted by atomic mass is 10.1. The quantitative estimate of drug-likeness (QED) is 0.285. The standard InChI is InChI=1S/C25H36N2O/c1-5-11-25(28)17-16-24(26)20-27(19-23-13-8-7-9-14-23)18-22(6-2)15-10-12-21(3)4/h6-10,12-14,16-17,20-21H,5,11,15,18-19,26H2,1-4H3/b12-10-,17-16+,22-6+,24-20-. The Bertz CT molecular complexity index is 697. The minimum Gasteiger partial charge on any atom is -0.398 e. The predicted octanol–water partition coefficient (Wildman–Crippen LogP) is 5.76. The summed E-state index contributed by atoms with van der Waals surface area (Å²) < 4.78 is 0. The Hall–Kier alpha value is -2.55. The van der Waals surface area contributed by atoms with Crippen LogP contribution in [0, 0.1) is 5.92 Å². The number of nitrogens with two attached hydrogens (primary N) is 1. The molecule has 0 saturated carbocycles. The molecular formula is C25H36N2O. The number of allylic oxidation sites excluding steroid dienone is 5. The van der Waals surface area contributed by atoms with Gasteiger partial charge < -0.3 is 10.6 Å². The van der Waals surface area contributed by atoms with Gasteiger partial charge in [-0.05, 0) is 43.4 Å². The fourth-order valence-corrected chi connectivity index (χ4v) is 2.76. The molecule has 0 saturated heterocycles. The van der Waals surface area contributed by atoms with Crippen LogP contribution in [0.15, 0.2) is 78.2 Å². The molecular weight excluding hydrogens is 344 g/mol. The third kappa shape index (κ3) is 10.6. The van der Waals surface area contributed by atoms with Gasteiger partial charge in [0, 0.05) is 31.4 Å². The van der Waals surface area contributed by atoms with Crippen molar-refractivity contribution in [2.45, 2.75) is 53.5 Å². The van der Waals surface area contributed by atoms with Crippen LogP contribution in [-0.2, 0) is 11.3 Å². The van der Waals surface area contributed by atoms with E-state index in [-0.39, 0.29) is 5.78 Å². The Morgan fingerprint density at radius 3 is 2.50 bits per heavy atom. The summed E-state index contributed by atoms with van der Waals surface area (Å²) in [5, 5.41) is 0. The summed E-state index contributed by atoms with van der Waals surface area (Å²) in [5.41, 5.74) is 9.33. The topological polar surface area (TPSA) is 46.3 Å². The lowest BCUT2D eigenvalue weighted by Gasteiger charge is -2.23. The number of nitrogens with zero attached hydrogens (tertiary/aromatic N) is 1. The summed E-state index contributed by atoms with van der Waals surface area (Å²) in [4.78, 5) is 13.9. The number of carbonyl (C=O) groups is 1. The summed E-state index contributed by atoms with van der Waals surface area (Å²) in [7, 11) is 0. The first-order valence-corrected chi connectivity index (χ1v) is 10.2. The van der Waals surface area contributed by atoms with E-state index in [2.05, 4.69) is 56.0 Å². The van der Waals surface area contributed by atoms with Crippen LogP contribution in [0.25, 0.3) is 0 Å². The number of rotatable bonds is 12. The van der Waals surface area contributed by atoms with E-state index in [0.717, 1.165) is 25.9 Å². The fourth-order valence-electron chi connectivity index (χ4n) is 2.76. The van der Waals surface area contributed by atoms with Crippen LogP contribution in [-0.4, -0.2) is 17.2 Å². The summed E-state index contributed by atoms with van der Waals surface area (Å²) in [6.07, 6.45) is 14.2. The number of ketones is 1. The molecule has 1 aromatic carbocycles. The molecule has 0 atom stereocenters. The fraction of sp³-hybridized carbons (Fsp3) is 0.400. The van der Waals surface area contributed by atoms with Crippen LogP contribution in [0.1, 0.15) is 52.5 Å². The van der Waals surface area contributed by atoms with Gasteiger partial charge in [0.15, 0.2) is 5.78 Å². The highest BCUT2D eigenvalue weighted by molar-refractivity contribution is 5.89. The molecule has 3 heteroatoms. The second-order valence-electron chi connectivity index (χ2n) is 7.39. The number of hydrogen-bond acceptors (Lipinski definition) is 3. The number of hydrogen-bond donors (Lipinski definition) is 1. The summed E-state index contributed by atoms with van der Waals surface area (Å²) in [5.74, 6) is 0.668. The Morgan fingerprint density at radius 1 is 1.18 bits per heavy atom. The highest BCUT2D eigenvalue weighted by Crippen LogP contribution is 2.13. The summed E-state index contributed by atoms with van der Waals surface area (Å²) in [6, 6.07) is 10.4. The van der Waals surface area contributed by atoms with Crippen molar-refractivity contribution in [1.29, 1.82) is 0 Å². The second kappa shape index (κ2) is 13.6. The zero-order valence-electron chi connectivity index (χ0n) is 17.9. The normalized spacial score (nSPS) is 13.0. The van der Waals surface area contributed by atoms with Crippen LogP contribution in [0.3, 0.4) is 0 Å². The van der Waals surface area contributed by atoms with Crippen molar-refractivity contribution < 1.29 is 4.79 Å². The Kier molecular flexibility index (Phi) is 11.4. The van der Waals surface area contributed by atoms with Gasteiger partial charge in [0.05, 0.1) is 0 Å². The second-order valence-corrected chi connectivity index (χ2v) is 7.39. The van der Waals surface area contributed by atoms with Crippen LogP contribution in [0.4, 0.5) is 0 Å². The molecule has 0 amide bonds. The lowest BCUT2D eigenvalue weighted by Crippen LogP contribution is -2.21. The van der Waals surface area contributed by atoms with Gasteiger partial charge in [-0.25, -0.2) is 0 Å². The number of benzene rings is 1. The molecule has 0 bridgehead atoms. The van der Waals surface area contributed by atoms with Crippen molar-refractivity contribution in [1.82, 2.24) is 4.90 Å². The molecule has 28 heavy (non-hydrogen) atoms. The van der Waals surface area contributed by atoms with Crippen molar-refractivity contribution in [3.05, 3.63) is 83.7 Å². The molecule has 0 aromatic heterocycles. The minimum atomic E-state index is 0.112. The van der Waals surface area contributed by atoms with Gasteiger partial charge >= 0.3 is 0 Å².